The maximum absolute atomic E-state index is 11.8. The molecule has 1 heterocycles. The van der Waals surface area contributed by atoms with Crippen molar-refractivity contribution in [2.75, 3.05) is 26.2 Å². The molecule has 0 saturated carbocycles. The fourth-order valence-electron chi connectivity index (χ4n) is 1.78. The van der Waals surface area contributed by atoms with Crippen LogP contribution < -0.4 is 0 Å². The first-order chi connectivity index (χ1) is 7.54. The molecule has 0 unspecified atom stereocenters. The molecule has 1 fully saturated rings. The zero-order valence-electron chi connectivity index (χ0n) is 10.1. The third kappa shape index (κ3) is 3.36. The zero-order valence-corrected chi connectivity index (χ0v) is 10.1. The molecule has 16 heavy (non-hydrogen) atoms. The first-order valence-electron chi connectivity index (χ1n) is 5.73. The van der Waals surface area contributed by atoms with E-state index in [0.717, 1.165) is 0 Å². The lowest BCUT2D eigenvalue weighted by atomic mass is 10.1. The van der Waals surface area contributed by atoms with Crippen LogP contribution in [0.5, 0.6) is 0 Å². The summed E-state index contributed by atoms with van der Waals surface area (Å²) in [5.41, 5.74) is 0. The number of hydrogen-bond acceptors (Lipinski definition) is 2. The van der Waals surface area contributed by atoms with Crippen molar-refractivity contribution in [1.29, 1.82) is 0 Å². The lowest BCUT2D eigenvalue weighted by Crippen LogP contribution is -2.50. The van der Waals surface area contributed by atoms with Crippen LogP contribution in [0.1, 0.15) is 20.3 Å². The number of nitrogens with zero attached hydrogens (tertiary/aromatic N) is 2. The molecule has 4 heteroatoms. The summed E-state index contributed by atoms with van der Waals surface area (Å²) in [5.74, 6) is 0.539. The van der Waals surface area contributed by atoms with Gasteiger partial charge < -0.3 is 9.80 Å². The third-order valence-electron chi connectivity index (χ3n) is 2.70. The fourth-order valence-corrected chi connectivity index (χ4v) is 1.78. The van der Waals surface area contributed by atoms with Crippen LogP contribution in [-0.2, 0) is 9.59 Å². The van der Waals surface area contributed by atoms with Gasteiger partial charge in [-0.1, -0.05) is 20.4 Å². The van der Waals surface area contributed by atoms with Crippen LogP contribution in [0.4, 0.5) is 0 Å². The molecule has 1 rings (SSSR count). The van der Waals surface area contributed by atoms with E-state index in [2.05, 4.69) is 6.58 Å². The molecule has 0 atom stereocenters. The van der Waals surface area contributed by atoms with Crippen molar-refractivity contribution in [2.24, 2.45) is 5.92 Å². The topological polar surface area (TPSA) is 40.6 Å². The summed E-state index contributed by atoms with van der Waals surface area (Å²) in [6, 6.07) is 0. The minimum atomic E-state index is -0.0454. The van der Waals surface area contributed by atoms with Gasteiger partial charge in [0, 0.05) is 32.6 Å². The molecule has 90 valence electrons. The Labute approximate surface area is 96.9 Å². The van der Waals surface area contributed by atoms with Crippen molar-refractivity contribution in [2.45, 2.75) is 20.3 Å². The van der Waals surface area contributed by atoms with Crippen molar-refractivity contribution in [3.8, 4) is 0 Å². The lowest BCUT2D eigenvalue weighted by molar-refractivity contribution is -0.137. The van der Waals surface area contributed by atoms with Crippen molar-refractivity contribution in [3.63, 3.8) is 0 Å². The summed E-state index contributed by atoms with van der Waals surface area (Å²) in [5, 5.41) is 0. The largest absolute Gasteiger partial charge is 0.339 e. The van der Waals surface area contributed by atoms with E-state index in [4.69, 9.17) is 0 Å². The van der Waals surface area contributed by atoms with Crippen molar-refractivity contribution in [1.82, 2.24) is 9.80 Å². The molecule has 0 aliphatic carbocycles. The summed E-state index contributed by atoms with van der Waals surface area (Å²) in [6.07, 6.45) is 1.92. The van der Waals surface area contributed by atoms with E-state index < -0.39 is 0 Å². The van der Waals surface area contributed by atoms with Gasteiger partial charge in [-0.05, 0) is 12.0 Å². The molecule has 0 radical (unpaired) electrons. The first kappa shape index (κ1) is 12.7. The van der Waals surface area contributed by atoms with Gasteiger partial charge in [0.2, 0.25) is 11.8 Å². The summed E-state index contributed by atoms with van der Waals surface area (Å²) >= 11 is 0. The van der Waals surface area contributed by atoms with E-state index in [1.54, 1.807) is 4.90 Å². The second kappa shape index (κ2) is 5.68. The van der Waals surface area contributed by atoms with E-state index >= 15 is 0 Å². The van der Waals surface area contributed by atoms with Gasteiger partial charge in [0.25, 0.3) is 0 Å². The number of carbonyl (C=O) groups is 2. The normalized spacial score (nSPS) is 16.4. The Balaban J connectivity index is 2.39. The molecule has 1 aliphatic heterocycles. The Bertz CT molecular complexity index is 279. The van der Waals surface area contributed by atoms with Gasteiger partial charge in [0.15, 0.2) is 0 Å². The average Bonchev–Trinajstić information content (AvgIpc) is 2.27. The van der Waals surface area contributed by atoms with Crippen molar-refractivity contribution < 1.29 is 9.59 Å². The van der Waals surface area contributed by atoms with Crippen LogP contribution in [0.25, 0.3) is 0 Å². The highest BCUT2D eigenvalue weighted by atomic mass is 16.2. The molecule has 0 aromatic rings. The Morgan fingerprint density at radius 2 is 1.69 bits per heavy atom. The lowest BCUT2D eigenvalue weighted by Gasteiger charge is -2.34. The highest BCUT2D eigenvalue weighted by molar-refractivity contribution is 5.87. The van der Waals surface area contributed by atoms with Crippen molar-refractivity contribution in [3.05, 3.63) is 12.7 Å². The van der Waals surface area contributed by atoms with Gasteiger partial charge in [0.05, 0.1) is 0 Å². The maximum atomic E-state index is 11.8. The molecule has 1 saturated heterocycles. The highest BCUT2D eigenvalue weighted by Crippen LogP contribution is 2.08. The van der Waals surface area contributed by atoms with Gasteiger partial charge in [0.1, 0.15) is 0 Å². The monoisotopic (exact) mass is 224 g/mol. The molecule has 0 spiro atoms. The Kier molecular flexibility index (Phi) is 4.52. The summed E-state index contributed by atoms with van der Waals surface area (Å²) in [6.45, 7) is 10.1. The SMILES string of the molecule is C=CC(=O)N1CCN(C(=O)CC(C)C)CC1. The van der Waals surface area contributed by atoms with Crippen LogP contribution in [0, 0.1) is 5.92 Å². The predicted molar refractivity (Wildman–Crippen MR) is 62.8 cm³/mol. The van der Waals surface area contributed by atoms with Crippen LogP contribution in [0.3, 0.4) is 0 Å². The number of carbonyl (C=O) groups excluding carboxylic acids is 2. The van der Waals surface area contributed by atoms with Crippen LogP contribution in [0.15, 0.2) is 12.7 Å². The molecule has 0 N–H and O–H groups in total. The Morgan fingerprint density at radius 3 is 2.12 bits per heavy atom. The quantitative estimate of drug-likeness (QED) is 0.668. The van der Waals surface area contributed by atoms with E-state index in [9.17, 15) is 9.59 Å². The van der Waals surface area contributed by atoms with Crippen LogP contribution in [0.2, 0.25) is 0 Å². The van der Waals surface area contributed by atoms with Gasteiger partial charge >= 0.3 is 0 Å². The number of amides is 2. The van der Waals surface area contributed by atoms with Gasteiger partial charge in [-0.15, -0.1) is 0 Å². The standard InChI is InChI=1S/C12H20N2O2/c1-4-11(15)13-5-7-14(8-6-13)12(16)9-10(2)3/h4,10H,1,5-9H2,2-3H3. The maximum Gasteiger partial charge on any atom is 0.246 e. The molecular formula is C12H20N2O2. The van der Waals surface area contributed by atoms with E-state index in [-0.39, 0.29) is 11.8 Å². The van der Waals surface area contributed by atoms with E-state index in [1.165, 1.54) is 6.08 Å². The molecule has 1 aliphatic rings. The van der Waals surface area contributed by atoms with Gasteiger partial charge in [-0.2, -0.15) is 0 Å². The van der Waals surface area contributed by atoms with Gasteiger partial charge in [-0.25, -0.2) is 0 Å². The van der Waals surface area contributed by atoms with Crippen LogP contribution >= 0.6 is 0 Å². The second-order valence-corrected chi connectivity index (χ2v) is 4.51. The molecule has 2 amide bonds. The molecule has 4 nitrogen and oxygen atoms in total. The zero-order chi connectivity index (χ0) is 12.1. The smallest absolute Gasteiger partial charge is 0.246 e. The molecule has 0 bridgehead atoms. The van der Waals surface area contributed by atoms with E-state index in [1.807, 2.05) is 18.7 Å². The summed E-state index contributed by atoms with van der Waals surface area (Å²) in [4.78, 5) is 26.7. The Morgan fingerprint density at radius 1 is 1.19 bits per heavy atom. The third-order valence-corrected chi connectivity index (χ3v) is 2.70. The number of hydrogen-bond donors (Lipinski definition) is 0. The molecular weight excluding hydrogens is 204 g/mol. The average molecular weight is 224 g/mol. The predicted octanol–water partition coefficient (Wildman–Crippen LogP) is 0.889. The minimum Gasteiger partial charge on any atom is -0.339 e. The summed E-state index contributed by atoms with van der Waals surface area (Å²) in [7, 11) is 0. The van der Waals surface area contributed by atoms with Gasteiger partial charge in [-0.3, -0.25) is 9.59 Å². The highest BCUT2D eigenvalue weighted by Gasteiger charge is 2.22. The van der Waals surface area contributed by atoms with Crippen molar-refractivity contribution >= 4 is 11.8 Å². The van der Waals surface area contributed by atoms with Crippen LogP contribution in [-0.4, -0.2) is 47.8 Å². The summed E-state index contributed by atoms with van der Waals surface area (Å²) < 4.78 is 0. The fraction of sp³-hybridized carbons (Fsp3) is 0.667. The number of rotatable bonds is 3. The molecule has 0 aromatic heterocycles. The molecule has 0 aromatic carbocycles. The minimum absolute atomic E-state index is 0.0454. The number of piperazine rings is 1. The van der Waals surface area contributed by atoms with E-state index in [0.29, 0.717) is 38.5 Å². The Hall–Kier alpha value is -1.32. The first-order valence-corrected chi connectivity index (χ1v) is 5.73. The second-order valence-electron chi connectivity index (χ2n) is 4.51.